The normalized spacial score (nSPS) is 11.1. The highest BCUT2D eigenvalue weighted by atomic mass is 19.1. The SMILES string of the molecule is Cc1nc2c(-c3ccc(F)cc3)cc(CO)c(F)c2[nH]c1=O. The van der Waals surface area contributed by atoms with Crippen LogP contribution in [0.1, 0.15) is 11.3 Å². The molecule has 0 aliphatic carbocycles. The van der Waals surface area contributed by atoms with Gasteiger partial charge in [-0.1, -0.05) is 12.1 Å². The lowest BCUT2D eigenvalue weighted by Crippen LogP contribution is -2.13. The third-order valence-electron chi connectivity index (χ3n) is 3.48. The second kappa shape index (κ2) is 5.31. The predicted octanol–water partition coefficient (Wildman–Crippen LogP) is 2.67. The van der Waals surface area contributed by atoms with E-state index in [0.29, 0.717) is 11.1 Å². The Hall–Kier alpha value is -2.60. The topological polar surface area (TPSA) is 66.0 Å². The molecule has 0 spiro atoms. The molecule has 0 saturated heterocycles. The Morgan fingerprint density at radius 3 is 2.55 bits per heavy atom. The fraction of sp³-hybridized carbons (Fsp3) is 0.125. The van der Waals surface area contributed by atoms with Crippen LogP contribution in [0.5, 0.6) is 0 Å². The molecule has 0 unspecified atom stereocenters. The van der Waals surface area contributed by atoms with E-state index in [1.165, 1.54) is 37.3 Å². The predicted molar refractivity (Wildman–Crippen MR) is 78.4 cm³/mol. The molecule has 4 nitrogen and oxygen atoms in total. The molecule has 0 saturated carbocycles. The maximum absolute atomic E-state index is 14.3. The van der Waals surface area contributed by atoms with Gasteiger partial charge in [0.2, 0.25) is 0 Å². The largest absolute Gasteiger partial charge is 0.392 e. The number of aliphatic hydroxyl groups is 1. The highest BCUT2D eigenvalue weighted by Crippen LogP contribution is 2.30. The summed E-state index contributed by atoms with van der Waals surface area (Å²) in [5, 5.41) is 9.30. The van der Waals surface area contributed by atoms with Crippen LogP contribution in [-0.4, -0.2) is 15.1 Å². The molecule has 1 heterocycles. The number of hydrogen-bond donors (Lipinski definition) is 2. The lowest BCUT2D eigenvalue weighted by molar-refractivity contribution is 0.276. The van der Waals surface area contributed by atoms with Crippen molar-refractivity contribution in [2.45, 2.75) is 13.5 Å². The van der Waals surface area contributed by atoms with Gasteiger partial charge in [0.15, 0.2) is 5.82 Å². The maximum atomic E-state index is 14.3. The summed E-state index contributed by atoms with van der Waals surface area (Å²) in [4.78, 5) is 18.3. The van der Waals surface area contributed by atoms with Crippen LogP contribution in [0.25, 0.3) is 22.2 Å². The van der Waals surface area contributed by atoms with Gasteiger partial charge in [-0.25, -0.2) is 13.8 Å². The fourth-order valence-corrected chi connectivity index (χ4v) is 2.32. The van der Waals surface area contributed by atoms with Crippen LogP contribution < -0.4 is 5.56 Å². The third kappa shape index (κ3) is 2.27. The second-order valence-electron chi connectivity index (χ2n) is 4.94. The number of halogens is 2. The molecule has 1 aromatic heterocycles. The minimum atomic E-state index is -0.715. The van der Waals surface area contributed by atoms with E-state index in [1.54, 1.807) is 0 Å². The zero-order valence-electron chi connectivity index (χ0n) is 11.7. The quantitative estimate of drug-likeness (QED) is 0.765. The first-order valence-electron chi connectivity index (χ1n) is 6.60. The van der Waals surface area contributed by atoms with Crippen molar-refractivity contribution in [1.82, 2.24) is 9.97 Å². The van der Waals surface area contributed by atoms with Gasteiger partial charge in [0.05, 0.1) is 12.1 Å². The average molecular weight is 302 g/mol. The van der Waals surface area contributed by atoms with Gasteiger partial charge in [-0.15, -0.1) is 0 Å². The van der Waals surface area contributed by atoms with Gasteiger partial charge in [-0.2, -0.15) is 0 Å². The molecule has 0 amide bonds. The minimum Gasteiger partial charge on any atom is -0.392 e. The number of rotatable bonds is 2. The van der Waals surface area contributed by atoms with Gasteiger partial charge in [0, 0.05) is 11.1 Å². The van der Waals surface area contributed by atoms with E-state index in [4.69, 9.17) is 0 Å². The molecule has 3 aromatic rings. The summed E-state index contributed by atoms with van der Waals surface area (Å²) in [6, 6.07) is 7.08. The van der Waals surface area contributed by atoms with E-state index in [9.17, 15) is 18.7 Å². The van der Waals surface area contributed by atoms with Crippen LogP contribution in [0.2, 0.25) is 0 Å². The van der Waals surface area contributed by atoms with E-state index in [0.717, 1.165) is 0 Å². The lowest BCUT2D eigenvalue weighted by Gasteiger charge is -2.11. The first-order valence-corrected chi connectivity index (χ1v) is 6.60. The van der Waals surface area contributed by atoms with Crippen molar-refractivity contribution in [2.75, 3.05) is 0 Å². The van der Waals surface area contributed by atoms with Crippen LogP contribution in [0.15, 0.2) is 35.1 Å². The van der Waals surface area contributed by atoms with Crippen molar-refractivity contribution < 1.29 is 13.9 Å². The molecule has 0 atom stereocenters. The molecule has 0 aliphatic rings. The number of aryl methyl sites for hydroxylation is 1. The van der Waals surface area contributed by atoms with Gasteiger partial charge in [0.1, 0.15) is 17.0 Å². The van der Waals surface area contributed by atoms with Crippen molar-refractivity contribution in [3.8, 4) is 11.1 Å². The highest BCUT2D eigenvalue weighted by molar-refractivity contribution is 5.92. The first kappa shape index (κ1) is 14.3. The van der Waals surface area contributed by atoms with Gasteiger partial charge in [0.25, 0.3) is 5.56 Å². The van der Waals surface area contributed by atoms with Crippen molar-refractivity contribution in [2.24, 2.45) is 0 Å². The zero-order chi connectivity index (χ0) is 15.9. The molecular formula is C16H12F2N2O2. The molecule has 0 radical (unpaired) electrons. The number of aromatic amines is 1. The van der Waals surface area contributed by atoms with Crippen LogP contribution in [-0.2, 0) is 6.61 Å². The Morgan fingerprint density at radius 1 is 1.23 bits per heavy atom. The van der Waals surface area contributed by atoms with Gasteiger partial charge >= 0.3 is 0 Å². The summed E-state index contributed by atoms with van der Waals surface area (Å²) in [6.45, 7) is 0.996. The molecule has 0 bridgehead atoms. The van der Waals surface area contributed by atoms with Crippen LogP contribution in [0, 0.1) is 18.6 Å². The zero-order valence-corrected chi connectivity index (χ0v) is 11.7. The molecule has 2 aromatic carbocycles. The van der Waals surface area contributed by atoms with Gasteiger partial charge in [-0.05, 0) is 30.7 Å². The average Bonchev–Trinajstić information content (AvgIpc) is 2.51. The number of hydrogen-bond acceptors (Lipinski definition) is 3. The number of aromatic nitrogens is 2. The number of fused-ring (bicyclic) bond motifs is 1. The molecular weight excluding hydrogens is 290 g/mol. The van der Waals surface area contributed by atoms with Crippen molar-refractivity contribution in [3.63, 3.8) is 0 Å². The minimum absolute atomic E-state index is 0.0353. The van der Waals surface area contributed by atoms with Crippen molar-refractivity contribution >= 4 is 11.0 Å². The maximum Gasteiger partial charge on any atom is 0.269 e. The number of nitrogens with zero attached hydrogens (tertiary/aromatic N) is 1. The fourth-order valence-electron chi connectivity index (χ4n) is 2.32. The number of H-pyrrole nitrogens is 1. The summed E-state index contributed by atoms with van der Waals surface area (Å²) in [7, 11) is 0. The van der Waals surface area contributed by atoms with E-state index < -0.39 is 23.8 Å². The number of benzene rings is 2. The Labute approximate surface area is 124 Å². The molecule has 22 heavy (non-hydrogen) atoms. The van der Waals surface area contributed by atoms with Crippen molar-refractivity contribution in [1.29, 1.82) is 0 Å². The molecule has 3 rings (SSSR count). The molecule has 0 fully saturated rings. The van der Waals surface area contributed by atoms with Crippen LogP contribution >= 0.6 is 0 Å². The summed E-state index contributed by atoms with van der Waals surface area (Å²) < 4.78 is 27.4. The van der Waals surface area contributed by atoms with E-state index in [1.807, 2.05) is 0 Å². The van der Waals surface area contributed by atoms with E-state index >= 15 is 0 Å². The number of nitrogens with one attached hydrogen (secondary N) is 1. The molecule has 6 heteroatoms. The standard InChI is InChI=1S/C16H12F2N2O2/c1-8-16(22)20-15-13(18)10(7-21)6-12(14(15)19-8)9-2-4-11(17)5-3-9/h2-6,21H,7H2,1H3,(H,20,22). The Balaban J connectivity index is 2.42. The van der Waals surface area contributed by atoms with Gasteiger partial charge < -0.3 is 10.1 Å². The third-order valence-corrected chi connectivity index (χ3v) is 3.48. The monoisotopic (exact) mass is 302 g/mol. The van der Waals surface area contributed by atoms with E-state index in [-0.39, 0.29) is 22.3 Å². The highest BCUT2D eigenvalue weighted by Gasteiger charge is 2.16. The summed E-state index contributed by atoms with van der Waals surface area (Å²) in [5.74, 6) is -1.11. The Bertz CT molecular complexity index is 918. The summed E-state index contributed by atoms with van der Waals surface area (Å²) >= 11 is 0. The van der Waals surface area contributed by atoms with Crippen LogP contribution in [0.3, 0.4) is 0 Å². The van der Waals surface area contributed by atoms with E-state index in [2.05, 4.69) is 9.97 Å². The van der Waals surface area contributed by atoms with Crippen LogP contribution in [0.4, 0.5) is 8.78 Å². The second-order valence-corrected chi connectivity index (χ2v) is 4.94. The molecule has 2 N–H and O–H groups in total. The van der Waals surface area contributed by atoms with Gasteiger partial charge in [-0.3, -0.25) is 4.79 Å². The lowest BCUT2D eigenvalue weighted by atomic mass is 10.00. The smallest absolute Gasteiger partial charge is 0.269 e. The Kier molecular flexibility index (Phi) is 3.46. The molecule has 112 valence electrons. The summed E-state index contributed by atoms with van der Waals surface area (Å²) in [6.07, 6.45) is 0. The Morgan fingerprint density at radius 2 is 1.91 bits per heavy atom. The number of aliphatic hydroxyl groups excluding tert-OH is 1. The molecule has 0 aliphatic heterocycles. The summed E-state index contributed by atoms with van der Waals surface area (Å²) in [5.41, 5.74) is 1.06. The van der Waals surface area contributed by atoms with Crippen molar-refractivity contribution in [3.05, 3.63) is 63.6 Å². The first-order chi connectivity index (χ1) is 10.5.